The number of nitrogens with one attached hydrogen (secondary N) is 3. The molecular formula is C22H22ClF2N5O. The lowest BCUT2D eigenvalue weighted by Crippen LogP contribution is -2.22. The molecule has 0 radical (unpaired) electrons. The molecule has 0 aliphatic rings. The van der Waals surface area contributed by atoms with Gasteiger partial charge in [0, 0.05) is 29.7 Å². The smallest absolute Gasteiger partial charge is 0.248 e. The predicted octanol–water partition coefficient (Wildman–Crippen LogP) is 5.11. The molecule has 3 aromatic rings. The van der Waals surface area contributed by atoms with Gasteiger partial charge in [-0.1, -0.05) is 31.5 Å². The minimum absolute atomic E-state index is 0.0270. The van der Waals surface area contributed by atoms with E-state index in [4.69, 9.17) is 11.6 Å². The molecule has 0 fully saturated rings. The van der Waals surface area contributed by atoms with Gasteiger partial charge in [-0.2, -0.15) is 0 Å². The normalized spacial score (nSPS) is 11.5. The van der Waals surface area contributed by atoms with E-state index in [1.165, 1.54) is 18.5 Å². The number of benzene rings is 2. The molecule has 6 nitrogen and oxygen atoms in total. The molecule has 0 spiro atoms. The zero-order valence-corrected chi connectivity index (χ0v) is 18.0. The number of amides is 1. The topological polar surface area (TPSA) is 78.9 Å². The molecule has 0 atom stereocenters. The van der Waals surface area contributed by atoms with Gasteiger partial charge in [0.2, 0.25) is 5.91 Å². The number of nitrogens with zero attached hydrogens (tertiary/aromatic N) is 2. The molecule has 0 saturated heterocycles. The minimum atomic E-state index is -0.921. The molecule has 3 N–H and O–H groups in total. The molecule has 0 bridgehead atoms. The highest BCUT2D eigenvalue weighted by Gasteiger charge is 2.16. The van der Waals surface area contributed by atoms with Crippen molar-refractivity contribution >= 4 is 45.6 Å². The number of hydrogen-bond donors (Lipinski definition) is 3. The zero-order chi connectivity index (χ0) is 22.5. The van der Waals surface area contributed by atoms with Crippen LogP contribution in [-0.4, -0.2) is 28.5 Å². The Bertz CT molecular complexity index is 1150. The molecule has 1 heterocycles. The van der Waals surface area contributed by atoms with Crippen molar-refractivity contribution in [2.24, 2.45) is 0 Å². The van der Waals surface area contributed by atoms with Gasteiger partial charge in [-0.3, -0.25) is 4.79 Å². The van der Waals surface area contributed by atoms with E-state index in [2.05, 4.69) is 25.9 Å². The maximum Gasteiger partial charge on any atom is 0.248 e. The number of aryl methyl sites for hydroxylation is 1. The molecule has 9 heteroatoms. The van der Waals surface area contributed by atoms with Gasteiger partial charge in [0.05, 0.1) is 11.2 Å². The van der Waals surface area contributed by atoms with E-state index < -0.39 is 16.7 Å². The Morgan fingerprint density at radius 3 is 2.65 bits per heavy atom. The molecule has 31 heavy (non-hydrogen) atoms. The Morgan fingerprint density at radius 2 is 1.90 bits per heavy atom. The standard InChI is InChI=1S/C22H22ClF2N5O/c1-12(2)26-10-4-5-18(31)29-15-8-9-16-19(13(15)3)22(28-11-27-16)30-17-7-6-14(24)20(23)21(17)25/h4-9,11-12,26H,10H2,1-3H3,(H,29,31)(H,27,28,30)/b5-4+. The Labute approximate surface area is 183 Å². The van der Waals surface area contributed by atoms with Crippen LogP contribution in [-0.2, 0) is 4.79 Å². The molecule has 3 rings (SSSR count). The monoisotopic (exact) mass is 445 g/mol. The van der Waals surface area contributed by atoms with Crippen LogP contribution < -0.4 is 16.0 Å². The Hall–Kier alpha value is -3.10. The maximum absolute atomic E-state index is 14.3. The average molecular weight is 446 g/mol. The van der Waals surface area contributed by atoms with Crippen molar-refractivity contribution in [2.45, 2.75) is 26.8 Å². The number of anilines is 3. The summed E-state index contributed by atoms with van der Waals surface area (Å²) in [4.78, 5) is 20.7. The number of aromatic nitrogens is 2. The highest BCUT2D eigenvalue weighted by atomic mass is 35.5. The molecule has 0 unspecified atom stereocenters. The lowest BCUT2D eigenvalue weighted by atomic mass is 10.1. The fraction of sp³-hybridized carbons (Fsp3) is 0.227. The highest BCUT2D eigenvalue weighted by molar-refractivity contribution is 6.31. The number of carbonyl (C=O) groups excluding carboxylic acids is 1. The van der Waals surface area contributed by atoms with Gasteiger partial charge in [-0.05, 0) is 36.8 Å². The van der Waals surface area contributed by atoms with E-state index in [1.807, 2.05) is 13.8 Å². The fourth-order valence-electron chi connectivity index (χ4n) is 2.94. The number of halogens is 3. The van der Waals surface area contributed by atoms with Crippen molar-refractivity contribution in [3.63, 3.8) is 0 Å². The van der Waals surface area contributed by atoms with Crippen LogP contribution >= 0.6 is 11.6 Å². The maximum atomic E-state index is 14.3. The van der Waals surface area contributed by atoms with Crippen LogP contribution in [0.2, 0.25) is 5.02 Å². The molecule has 0 saturated carbocycles. The van der Waals surface area contributed by atoms with Gasteiger partial charge < -0.3 is 16.0 Å². The first-order valence-corrected chi connectivity index (χ1v) is 10.0. The van der Waals surface area contributed by atoms with Crippen molar-refractivity contribution in [1.29, 1.82) is 0 Å². The van der Waals surface area contributed by atoms with Crippen LogP contribution in [0.25, 0.3) is 10.9 Å². The fourth-order valence-corrected chi connectivity index (χ4v) is 3.11. The van der Waals surface area contributed by atoms with Crippen LogP contribution in [0.1, 0.15) is 19.4 Å². The third-order valence-electron chi connectivity index (χ3n) is 4.52. The summed E-state index contributed by atoms with van der Waals surface area (Å²) in [5.41, 5.74) is 1.82. The highest BCUT2D eigenvalue weighted by Crippen LogP contribution is 2.33. The van der Waals surface area contributed by atoms with E-state index in [-0.39, 0.29) is 11.6 Å². The van der Waals surface area contributed by atoms with E-state index in [0.29, 0.717) is 40.6 Å². The largest absolute Gasteiger partial charge is 0.337 e. The lowest BCUT2D eigenvalue weighted by Gasteiger charge is -2.14. The third kappa shape index (κ3) is 5.34. The second kappa shape index (κ2) is 9.80. The first-order chi connectivity index (χ1) is 14.8. The van der Waals surface area contributed by atoms with E-state index >= 15 is 0 Å². The SMILES string of the molecule is Cc1c(NC(=O)/C=C/CNC(C)C)ccc2ncnc(Nc3ccc(F)c(Cl)c3F)c12. The first kappa shape index (κ1) is 22.6. The third-order valence-corrected chi connectivity index (χ3v) is 4.87. The predicted molar refractivity (Wildman–Crippen MR) is 120 cm³/mol. The molecule has 162 valence electrons. The summed E-state index contributed by atoms with van der Waals surface area (Å²) in [5.74, 6) is -1.75. The van der Waals surface area contributed by atoms with Crippen LogP contribution in [0.4, 0.5) is 26.0 Å². The van der Waals surface area contributed by atoms with Gasteiger partial charge in [0.15, 0.2) is 5.82 Å². The summed E-state index contributed by atoms with van der Waals surface area (Å²) >= 11 is 5.67. The number of fused-ring (bicyclic) bond motifs is 1. The summed E-state index contributed by atoms with van der Waals surface area (Å²) in [6.45, 7) is 6.41. The molecule has 0 aliphatic heterocycles. The number of carbonyl (C=O) groups is 1. The van der Waals surface area contributed by atoms with Crippen molar-refractivity contribution in [1.82, 2.24) is 15.3 Å². The number of rotatable bonds is 7. The van der Waals surface area contributed by atoms with Crippen molar-refractivity contribution < 1.29 is 13.6 Å². The van der Waals surface area contributed by atoms with Crippen LogP contribution in [0.3, 0.4) is 0 Å². The Kier molecular flexibility index (Phi) is 7.14. The molecular weight excluding hydrogens is 424 g/mol. The lowest BCUT2D eigenvalue weighted by molar-refractivity contribution is -0.111. The molecule has 1 amide bonds. The van der Waals surface area contributed by atoms with Crippen molar-refractivity contribution in [3.8, 4) is 0 Å². The molecule has 1 aromatic heterocycles. The second-order valence-corrected chi connectivity index (χ2v) is 7.53. The summed E-state index contributed by atoms with van der Waals surface area (Å²) in [5, 5.41) is 8.84. The van der Waals surface area contributed by atoms with Gasteiger partial charge in [-0.25, -0.2) is 18.7 Å². The summed E-state index contributed by atoms with van der Waals surface area (Å²) in [6.07, 6.45) is 4.52. The summed E-state index contributed by atoms with van der Waals surface area (Å²) in [6, 6.07) is 6.09. The quantitative estimate of drug-likeness (QED) is 0.348. The minimum Gasteiger partial charge on any atom is -0.337 e. The Balaban J connectivity index is 1.90. The van der Waals surface area contributed by atoms with Crippen molar-refractivity contribution in [3.05, 3.63) is 65.0 Å². The van der Waals surface area contributed by atoms with Gasteiger partial charge in [0.25, 0.3) is 0 Å². The number of hydrogen-bond acceptors (Lipinski definition) is 5. The van der Waals surface area contributed by atoms with Gasteiger partial charge in [0.1, 0.15) is 23.0 Å². The van der Waals surface area contributed by atoms with Gasteiger partial charge >= 0.3 is 0 Å². The second-order valence-electron chi connectivity index (χ2n) is 7.16. The summed E-state index contributed by atoms with van der Waals surface area (Å²) < 4.78 is 27.8. The van der Waals surface area contributed by atoms with Crippen LogP contribution in [0.5, 0.6) is 0 Å². The molecule has 2 aromatic carbocycles. The van der Waals surface area contributed by atoms with E-state index in [9.17, 15) is 13.6 Å². The Morgan fingerprint density at radius 1 is 1.16 bits per heavy atom. The molecule has 0 aliphatic carbocycles. The van der Waals surface area contributed by atoms with E-state index in [1.54, 1.807) is 25.1 Å². The van der Waals surface area contributed by atoms with Crippen LogP contribution in [0, 0.1) is 18.6 Å². The zero-order valence-electron chi connectivity index (χ0n) is 17.3. The van der Waals surface area contributed by atoms with Crippen molar-refractivity contribution in [2.75, 3.05) is 17.2 Å². The van der Waals surface area contributed by atoms with E-state index in [0.717, 1.165) is 6.07 Å². The first-order valence-electron chi connectivity index (χ1n) is 9.63. The van der Waals surface area contributed by atoms with Gasteiger partial charge in [-0.15, -0.1) is 0 Å². The average Bonchev–Trinajstić information content (AvgIpc) is 2.73. The summed E-state index contributed by atoms with van der Waals surface area (Å²) in [7, 11) is 0. The van der Waals surface area contributed by atoms with Crippen LogP contribution in [0.15, 0.2) is 42.7 Å².